The van der Waals surface area contributed by atoms with Crippen LogP contribution in [0.25, 0.3) is 22.4 Å². The quantitative estimate of drug-likeness (QED) is 0.662. The van der Waals surface area contributed by atoms with Gasteiger partial charge in [0.05, 0.1) is 16.6 Å². The number of halogens is 3. The first-order valence-corrected chi connectivity index (χ1v) is 6.28. The van der Waals surface area contributed by atoms with Crippen molar-refractivity contribution in [2.24, 2.45) is 0 Å². The zero-order valence-corrected chi connectivity index (χ0v) is 11.1. The number of para-hydroxylation sites is 1. The molecule has 0 radical (unpaired) electrons. The predicted octanol–water partition coefficient (Wildman–Crippen LogP) is 4.14. The molecule has 1 heterocycles. The Balaban J connectivity index is 2.15. The largest absolute Gasteiger partial charge is 0.416 e. The van der Waals surface area contributed by atoms with Crippen LogP contribution in [0.2, 0.25) is 0 Å². The van der Waals surface area contributed by atoms with Crippen LogP contribution in [0.4, 0.5) is 18.9 Å². The monoisotopic (exact) mass is 291 g/mol. The van der Waals surface area contributed by atoms with E-state index >= 15 is 0 Å². The third-order valence-electron chi connectivity index (χ3n) is 3.39. The molecule has 2 aromatic carbocycles. The zero-order chi connectivity index (χ0) is 15.2. The summed E-state index contributed by atoms with van der Waals surface area (Å²) in [6.07, 6.45) is -4.37. The van der Waals surface area contributed by atoms with Crippen molar-refractivity contribution in [3.63, 3.8) is 0 Å². The molecular weight excluding hydrogens is 279 g/mol. The molecule has 0 aliphatic carbocycles. The van der Waals surface area contributed by atoms with Crippen LogP contribution in [0.3, 0.4) is 0 Å². The SMILES string of the molecule is Cc1cccc(-c2nc3ccc(C(F)(F)F)cc3[nH]2)c1N. The van der Waals surface area contributed by atoms with Crippen molar-refractivity contribution in [3.8, 4) is 11.4 Å². The second-order valence-electron chi connectivity index (χ2n) is 4.85. The summed E-state index contributed by atoms with van der Waals surface area (Å²) in [5, 5.41) is 0. The maximum Gasteiger partial charge on any atom is 0.416 e. The number of H-pyrrole nitrogens is 1. The van der Waals surface area contributed by atoms with Crippen molar-refractivity contribution < 1.29 is 13.2 Å². The topological polar surface area (TPSA) is 54.7 Å². The Morgan fingerprint density at radius 3 is 2.62 bits per heavy atom. The second kappa shape index (κ2) is 4.51. The molecule has 0 atom stereocenters. The van der Waals surface area contributed by atoms with Gasteiger partial charge in [0.1, 0.15) is 5.82 Å². The molecule has 0 spiro atoms. The number of hydrogen-bond donors (Lipinski definition) is 2. The molecule has 3 aromatic rings. The summed E-state index contributed by atoms with van der Waals surface area (Å²) in [5.41, 5.74) is 8.23. The third-order valence-corrected chi connectivity index (χ3v) is 3.39. The van der Waals surface area contributed by atoms with Gasteiger partial charge in [-0.2, -0.15) is 13.2 Å². The molecular formula is C15H12F3N3. The van der Waals surface area contributed by atoms with Crippen LogP contribution >= 0.6 is 0 Å². The highest BCUT2D eigenvalue weighted by atomic mass is 19.4. The van der Waals surface area contributed by atoms with Crippen LogP contribution in [0.1, 0.15) is 11.1 Å². The first-order valence-electron chi connectivity index (χ1n) is 6.28. The summed E-state index contributed by atoms with van der Waals surface area (Å²) < 4.78 is 38.1. The van der Waals surface area contributed by atoms with Gasteiger partial charge in [0, 0.05) is 11.3 Å². The van der Waals surface area contributed by atoms with Crippen LogP contribution in [0.5, 0.6) is 0 Å². The van der Waals surface area contributed by atoms with Gasteiger partial charge in [-0.1, -0.05) is 12.1 Å². The van der Waals surface area contributed by atoms with Gasteiger partial charge in [0.15, 0.2) is 0 Å². The molecule has 21 heavy (non-hydrogen) atoms. The number of fused-ring (bicyclic) bond motifs is 1. The number of nitrogens with one attached hydrogen (secondary N) is 1. The summed E-state index contributed by atoms with van der Waals surface area (Å²) >= 11 is 0. The second-order valence-corrected chi connectivity index (χ2v) is 4.85. The minimum atomic E-state index is -4.37. The van der Waals surface area contributed by atoms with Crippen molar-refractivity contribution in [1.29, 1.82) is 0 Å². The van der Waals surface area contributed by atoms with Gasteiger partial charge in [-0.05, 0) is 36.8 Å². The number of aryl methyl sites for hydroxylation is 1. The summed E-state index contributed by atoms with van der Waals surface area (Å²) in [7, 11) is 0. The lowest BCUT2D eigenvalue weighted by atomic mass is 10.1. The van der Waals surface area contributed by atoms with E-state index in [0.29, 0.717) is 28.1 Å². The molecule has 1 aromatic heterocycles. The van der Waals surface area contributed by atoms with E-state index in [2.05, 4.69) is 9.97 Å². The van der Waals surface area contributed by atoms with E-state index in [0.717, 1.165) is 17.7 Å². The number of rotatable bonds is 1. The van der Waals surface area contributed by atoms with E-state index in [1.807, 2.05) is 19.1 Å². The van der Waals surface area contributed by atoms with Crippen LogP contribution in [0.15, 0.2) is 36.4 Å². The number of nitrogens with two attached hydrogens (primary N) is 1. The number of aromatic amines is 1. The first kappa shape index (κ1) is 13.5. The molecule has 0 aliphatic heterocycles. The number of hydrogen-bond acceptors (Lipinski definition) is 2. The molecule has 3 N–H and O–H groups in total. The van der Waals surface area contributed by atoms with Crippen molar-refractivity contribution in [3.05, 3.63) is 47.5 Å². The lowest BCUT2D eigenvalue weighted by molar-refractivity contribution is -0.137. The van der Waals surface area contributed by atoms with Gasteiger partial charge in [-0.15, -0.1) is 0 Å². The number of aromatic nitrogens is 2. The number of nitrogens with zero attached hydrogens (tertiary/aromatic N) is 1. The molecule has 0 amide bonds. The highest BCUT2D eigenvalue weighted by Gasteiger charge is 2.30. The van der Waals surface area contributed by atoms with Gasteiger partial charge in [-0.3, -0.25) is 0 Å². The summed E-state index contributed by atoms with van der Waals surface area (Å²) in [6, 6.07) is 8.90. The summed E-state index contributed by atoms with van der Waals surface area (Å²) in [6.45, 7) is 1.86. The highest BCUT2D eigenvalue weighted by molar-refractivity contribution is 5.83. The predicted molar refractivity (Wildman–Crippen MR) is 75.7 cm³/mol. The van der Waals surface area contributed by atoms with E-state index in [-0.39, 0.29) is 0 Å². The summed E-state index contributed by atoms with van der Waals surface area (Å²) in [4.78, 5) is 7.21. The van der Waals surface area contributed by atoms with E-state index in [4.69, 9.17) is 5.73 Å². The minimum Gasteiger partial charge on any atom is -0.398 e. The molecule has 0 fully saturated rings. The zero-order valence-electron chi connectivity index (χ0n) is 11.1. The molecule has 6 heteroatoms. The Labute approximate surface area is 118 Å². The maximum absolute atomic E-state index is 12.7. The fourth-order valence-corrected chi connectivity index (χ4v) is 2.20. The molecule has 0 unspecified atom stereocenters. The van der Waals surface area contributed by atoms with Gasteiger partial charge in [-0.25, -0.2) is 4.98 Å². The molecule has 3 rings (SSSR count). The Morgan fingerprint density at radius 2 is 1.90 bits per heavy atom. The fourth-order valence-electron chi connectivity index (χ4n) is 2.20. The van der Waals surface area contributed by atoms with Gasteiger partial charge in [0.25, 0.3) is 0 Å². The van der Waals surface area contributed by atoms with E-state index in [1.165, 1.54) is 6.07 Å². The summed E-state index contributed by atoms with van der Waals surface area (Å²) in [5.74, 6) is 0.463. The van der Waals surface area contributed by atoms with E-state index < -0.39 is 11.7 Å². The number of benzene rings is 2. The van der Waals surface area contributed by atoms with Crippen molar-refractivity contribution in [2.45, 2.75) is 13.1 Å². The van der Waals surface area contributed by atoms with Gasteiger partial charge in [0.2, 0.25) is 0 Å². The molecule has 108 valence electrons. The van der Waals surface area contributed by atoms with Gasteiger partial charge < -0.3 is 10.7 Å². The Bertz CT molecular complexity index is 819. The Hall–Kier alpha value is -2.50. The van der Waals surface area contributed by atoms with Crippen molar-refractivity contribution >= 4 is 16.7 Å². The van der Waals surface area contributed by atoms with Crippen molar-refractivity contribution in [1.82, 2.24) is 9.97 Å². The lowest BCUT2D eigenvalue weighted by Crippen LogP contribution is -2.04. The fraction of sp³-hybridized carbons (Fsp3) is 0.133. The standard InChI is InChI=1S/C15H12F3N3/c1-8-3-2-4-10(13(8)19)14-20-11-6-5-9(15(16,17)18)7-12(11)21-14/h2-7H,19H2,1H3,(H,20,21). The molecule has 0 aliphatic rings. The number of imidazole rings is 1. The number of anilines is 1. The van der Waals surface area contributed by atoms with Crippen LogP contribution < -0.4 is 5.73 Å². The van der Waals surface area contributed by atoms with Crippen LogP contribution in [-0.4, -0.2) is 9.97 Å². The molecule has 0 saturated carbocycles. The first-order chi connectivity index (χ1) is 9.86. The normalized spacial score (nSPS) is 12.0. The van der Waals surface area contributed by atoms with Gasteiger partial charge >= 0.3 is 6.18 Å². The van der Waals surface area contributed by atoms with E-state index in [1.54, 1.807) is 6.07 Å². The average Bonchev–Trinajstić information content (AvgIpc) is 2.83. The number of nitrogen functional groups attached to an aromatic ring is 1. The van der Waals surface area contributed by atoms with Crippen LogP contribution in [-0.2, 0) is 6.18 Å². The molecule has 0 bridgehead atoms. The minimum absolute atomic E-state index is 0.334. The highest BCUT2D eigenvalue weighted by Crippen LogP contribution is 2.32. The van der Waals surface area contributed by atoms with E-state index in [9.17, 15) is 13.2 Å². The Morgan fingerprint density at radius 1 is 1.14 bits per heavy atom. The molecule has 0 saturated heterocycles. The smallest absolute Gasteiger partial charge is 0.398 e. The maximum atomic E-state index is 12.7. The Kier molecular flexibility index (Phi) is 2.90. The average molecular weight is 291 g/mol. The number of alkyl halides is 3. The third kappa shape index (κ3) is 2.33. The molecule has 3 nitrogen and oxygen atoms in total. The van der Waals surface area contributed by atoms with Crippen molar-refractivity contribution in [2.75, 3.05) is 5.73 Å². The van der Waals surface area contributed by atoms with Crippen LogP contribution in [0, 0.1) is 6.92 Å². The lowest BCUT2D eigenvalue weighted by Gasteiger charge is -2.05.